The number of carbonyl (C=O) groups excluding carboxylic acids is 3. The highest BCUT2D eigenvalue weighted by Gasteiger charge is 2.31. The molecule has 0 saturated heterocycles. The Morgan fingerprint density at radius 3 is 1.45 bits per heavy atom. The number of hydrogen-bond donors (Lipinski definition) is 0. The zero-order chi connectivity index (χ0) is 24.8. The second-order valence-electron chi connectivity index (χ2n) is 9.94. The zero-order valence-corrected chi connectivity index (χ0v) is 21.9. The smallest absolute Gasteiger partial charge is 0.306 e. The van der Waals surface area contributed by atoms with Crippen molar-refractivity contribution in [3.63, 3.8) is 0 Å². The third-order valence-corrected chi connectivity index (χ3v) is 7.17. The minimum Gasteiger partial charge on any atom is -0.463 e. The van der Waals surface area contributed by atoms with E-state index >= 15 is 0 Å². The van der Waals surface area contributed by atoms with Crippen LogP contribution >= 0.6 is 0 Å². The van der Waals surface area contributed by atoms with Gasteiger partial charge < -0.3 is 14.2 Å². The van der Waals surface area contributed by atoms with Crippen molar-refractivity contribution >= 4 is 17.9 Å². The van der Waals surface area contributed by atoms with Crippen LogP contribution in [-0.4, -0.2) is 36.2 Å². The average molecular weight is 469 g/mol. The molecule has 6 nitrogen and oxygen atoms in total. The molecule has 0 aliphatic heterocycles. The average Bonchev–Trinajstić information content (AvgIpc) is 2.80. The van der Waals surface area contributed by atoms with Gasteiger partial charge in [-0.05, 0) is 89.9 Å². The number of rotatable bonds is 15. The maximum Gasteiger partial charge on any atom is 0.306 e. The van der Waals surface area contributed by atoms with Crippen LogP contribution in [0.25, 0.3) is 0 Å². The van der Waals surface area contributed by atoms with Gasteiger partial charge in [0.15, 0.2) is 0 Å². The van der Waals surface area contributed by atoms with Crippen molar-refractivity contribution in [2.24, 2.45) is 17.8 Å². The van der Waals surface area contributed by atoms with Crippen LogP contribution < -0.4 is 0 Å². The molecule has 33 heavy (non-hydrogen) atoms. The summed E-state index contributed by atoms with van der Waals surface area (Å²) in [6, 6.07) is 0. The normalized spacial score (nSPS) is 23.3. The first-order chi connectivity index (χ1) is 15.7. The van der Waals surface area contributed by atoms with E-state index in [0.717, 1.165) is 57.8 Å². The third-order valence-electron chi connectivity index (χ3n) is 7.17. The molecule has 6 unspecified atom stereocenters. The van der Waals surface area contributed by atoms with E-state index in [-0.39, 0.29) is 36.2 Å². The van der Waals surface area contributed by atoms with Crippen molar-refractivity contribution in [1.82, 2.24) is 0 Å². The minimum atomic E-state index is -0.140. The molecule has 1 rings (SSSR count). The van der Waals surface area contributed by atoms with Crippen LogP contribution in [0, 0.1) is 17.8 Å². The molecule has 6 atom stereocenters. The molecular weight excluding hydrogens is 420 g/mol. The Morgan fingerprint density at radius 2 is 1.03 bits per heavy atom. The fourth-order valence-corrected chi connectivity index (χ4v) is 4.45. The topological polar surface area (TPSA) is 78.9 Å². The molecule has 0 aromatic carbocycles. The Hall–Kier alpha value is -1.59. The lowest BCUT2D eigenvalue weighted by Crippen LogP contribution is -2.28. The summed E-state index contributed by atoms with van der Waals surface area (Å²) in [5.74, 6) is 0.818. The summed E-state index contributed by atoms with van der Waals surface area (Å²) in [4.78, 5) is 36.5. The van der Waals surface area contributed by atoms with Crippen LogP contribution in [-0.2, 0) is 28.6 Å². The van der Waals surface area contributed by atoms with Gasteiger partial charge in [0, 0.05) is 19.3 Å². The van der Waals surface area contributed by atoms with E-state index < -0.39 is 0 Å². The van der Waals surface area contributed by atoms with Crippen LogP contribution in [0.15, 0.2) is 0 Å². The molecule has 1 fully saturated rings. The van der Waals surface area contributed by atoms with E-state index in [9.17, 15) is 14.4 Å². The molecule has 6 heteroatoms. The molecule has 0 heterocycles. The molecule has 0 radical (unpaired) electrons. The standard InChI is InChI=1S/C27H48O6/c1-7-19(4)31-25(28)15-11-22-10-12-23(13-16-26(29)32-20(5)8-2)24(18-22)14-17-27(30)33-21(6)9-3/h19-24H,7-18H2,1-6H3. The van der Waals surface area contributed by atoms with Crippen LogP contribution in [0.2, 0.25) is 0 Å². The minimum absolute atomic E-state index is 0.0345. The van der Waals surface area contributed by atoms with Gasteiger partial charge in [-0.3, -0.25) is 14.4 Å². The molecule has 192 valence electrons. The molecule has 0 N–H and O–H groups in total. The summed E-state index contributed by atoms with van der Waals surface area (Å²) >= 11 is 0. The van der Waals surface area contributed by atoms with Gasteiger partial charge in [0.05, 0.1) is 18.3 Å². The van der Waals surface area contributed by atoms with Crippen molar-refractivity contribution < 1.29 is 28.6 Å². The highest BCUT2D eigenvalue weighted by atomic mass is 16.5. The molecular formula is C27H48O6. The summed E-state index contributed by atoms with van der Waals surface area (Å²) < 4.78 is 16.3. The maximum absolute atomic E-state index is 12.3. The highest BCUT2D eigenvalue weighted by molar-refractivity contribution is 5.70. The Kier molecular flexibility index (Phi) is 14.4. The summed E-state index contributed by atoms with van der Waals surface area (Å²) in [5.41, 5.74) is 0. The monoisotopic (exact) mass is 468 g/mol. The SMILES string of the molecule is CCC(C)OC(=O)CCC1CCC(CCC(=O)OC(C)CC)C(CCC(=O)OC(C)CC)C1. The first kappa shape index (κ1) is 29.4. The summed E-state index contributed by atoms with van der Waals surface area (Å²) in [6.07, 6.45) is 9.04. The van der Waals surface area contributed by atoms with Crippen LogP contribution in [0.4, 0.5) is 0 Å². The summed E-state index contributed by atoms with van der Waals surface area (Å²) in [5, 5.41) is 0. The van der Waals surface area contributed by atoms with Crippen molar-refractivity contribution in [3.8, 4) is 0 Å². The molecule has 0 bridgehead atoms. The second kappa shape index (κ2) is 16.1. The largest absolute Gasteiger partial charge is 0.463 e. The van der Waals surface area contributed by atoms with Crippen LogP contribution in [0.3, 0.4) is 0 Å². The first-order valence-electron chi connectivity index (χ1n) is 13.3. The van der Waals surface area contributed by atoms with Gasteiger partial charge >= 0.3 is 17.9 Å². The van der Waals surface area contributed by atoms with Crippen LogP contribution in [0.1, 0.15) is 119 Å². The van der Waals surface area contributed by atoms with E-state index in [1.54, 1.807) is 0 Å². The highest BCUT2D eigenvalue weighted by Crippen LogP contribution is 2.41. The van der Waals surface area contributed by atoms with Gasteiger partial charge in [0.1, 0.15) is 0 Å². The van der Waals surface area contributed by atoms with Gasteiger partial charge in [-0.15, -0.1) is 0 Å². The van der Waals surface area contributed by atoms with Crippen molar-refractivity contribution in [2.45, 2.75) is 137 Å². The quantitative estimate of drug-likeness (QED) is 0.205. The molecule has 1 saturated carbocycles. The molecule has 1 aliphatic rings. The summed E-state index contributed by atoms with van der Waals surface area (Å²) in [6.45, 7) is 11.8. The van der Waals surface area contributed by atoms with E-state index in [1.165, 1.54) is 0 Å². The predicted molar refractivity (Wildman–Crippen MR) is 130 cm³/mol. The summed E-state index contributed by atoms with van der Waals surface area (Å²) in [7, 11) is 0. The predicted octanol–water partition coefficient (Wildman–Crippen LogP) is 6.38. The fourth-order valence-electron chi connectivity index (χ4n) is 4.45. The van der Waals surface area contributed by atoms with E-state index in [2.05, 4.69) is 0 Å². The number of carbonyl (C=O) groups is 3. The van der Waals surface area contributed by atoms with E-state index in [0.29, 0.717) is 37.0 Å². The zero-order valence-electron chi connectivity index (χ0n) is 21.9. The van der Waals surface area contributed by atoms with Gasteiger partial charge in [-0.2, -0.15) is 0 Å². The van der Waals surface area contributed by atoms with Gasteiger partial charge in [0.25, 0.3) is 0 Å². The lowest BCUT2D eigenvalue weighted by molar-refractivity contribution is -0.150. The van der Waals surface area contributed by atoms with Crippen molar-refractivity contribution in [2.75, 3.05) is 0 Å². The van der Waals surface area contributed by atoms with Gasteiger partial charge in [-0.1, -0.05) is 27.2 Å². The second-order valence-corrected chi connectivity index (χ2v) is 9.94. The molecule has 0 spiro atoms. The molecule has 0 aromatic heterocycles. The maximum atomic E-state index is 12.3. The lowest BCUT2D eigenvalue weighted by Gasteiger charge is -2.36. The number of hydrogen-bond acceptors (Lipinski definition) is 6. The van der Waals surface area contributed by atoms with Gasteiger partial charge in [-0.25, -0.2) is 0 Å². The Morgan fingerprint density at radius 1 is 0.636 bits per heavy atom. The van der Waals surface area contributed by atoms with Gasteiger partial charge in [0.2, 0.25) is 0 Å². The Balaban J connectivity index is 2.63. The van der Waals surface area contributed by atoms with E-state index in [1.807, 2.05) is 41.5 Å². The third kappa shape index (κ3) is 12.4. The first-order valence-corrected chi connectivity index (χ1v) is 13.3. The van der Waals surface area contributed by atoms with Crippen molar-refractivity contribution in [3.05, 3.63) is 0 Å². The van der Waals surface area contributed by atoms with Crippen LogP contribution in [0.5, 0.6) is 0 Å². The molecule has 0 aromatic rings. The number of esters is 3. The molecule has 1 aliphatic carbocycles. The number of ether oxygens (including phenoxy) is 3. The van der Waals surface area contributed by atoms with Crippen molar-refractivity contribution in [1.29, 1.82) is 0 Å². The molecule has 0 amide bonds. The fraction of sp³-hybridized carbons (Fsp3) is 0.889. The Bertz CT molecular complexity index is 589. The lowest BCUT2D eigenvalue weighted by atomic mass is 9.69. The van der Waals surface area contributed by atoms with E-state index in [4.69, 9.17) is 14.2 Å². The Labute approximate surface area is 201 Å².